The van der Waals surface area contributed by atoms with E-state index in [1.807, 2.05) is 30.3 Å². The molecule has 2 heterocycles. The van der Waals surface area contributed by atoms with E-state index in [4.69, 9.17) is 0 Å². The number of nitrogens with zero attached hydrogens (tertiary/aromatic N) is 3. The van der Waals surface area contributed by atoms with Gasteiger partial charge in [-0.1, -0.05) is 18.2 Å². The minimum absolute atomic E-state index is 0.518. The van der Waals surface area contributed by atoms with E-state index in [0.29, 0.717) is 11.5 Å². The number of benzene rings is 1. The van der Waals surface area contributed by atoms with Gasteiger partial charge in [0.2, 0.25) is 0 Å². The minimum atomic E-state index is -0.550. The summed E-state index contributed by atoms with van der Waals surface area (Å²) < 4.78 is 6.27. The van der Waals surface area contributed by atoms with E-state index in [1.54, 1.807) is 23.1 Å². The number of aromatic nitrogens is 4. The Morgan fingerprint density at radius 3 is 2.81 bits per heavy atom. The van der Waals surface area contributed by atoms with Crippen molar-refractivity contribution in [1.82, 2.24) is 20.0 Å². The largest absolute Gasteiger partial charge is 0.453 e. The van der Waals surface area contributed by atoms with Crippen molar-refractivity contribution in [3.8, 4) is 16.9 Å². The van der Waals surface area contributed by atoms with E-state index in [1.165, 1.54) is 7.11 Å². The molecule has 0 unspecified atom stereocenters. The molecule has 0 fully saturated rings. The van der Waals surface area contributed by atoms with Crippen LogP contribution in [0, 0.1) is 0 Å². The summed E-state index contributed by atoms with van der Waals surface area (Å²) in [6, 6.07) is 11.3. The third kappa shape index (κ3) is 2.62. The quantitative estimate of drug-likeness (QED) is 0.773. The molecule has 2 N–H and O–H groups in total. The minimum Gasteiger partial charge on any atom is -0.453 e. The maximum absolute atomic E-state index is 11.5. The Morgan fingerprint density at radius 1 is 1.33 bits per heavy atom. The second-order valence-electron chi connectivity index (χ2n) is 4.27. The topological polar surface area (TPSA) is 84.8 Å². The lowest BCUT2D eigenvalue weighted by Gasteiger charge is -2.07. The SMILES string of the molecule is COC(=O)Nc1cc(-c2cn[nH]c2)nn1-c1ccccc1. The molecule has 0 aliphatic carbocycles. The van der Waals surface area contributed by atoms with E-state index >= 15 is 0 Å². The van der Waals surface area contributed by atoms with Crippen LogP contribution in [0.3, 0.4) is 0 Å². The summed E-state index contributed by atoms with van der Waals surface area (Å²) >= 11 is 0. The number of hydrogen-bond acceptors (Lipinski definition) is 4. The molecule has 1 amide bonds. The van der Waals surface area contributed by atoms with Crippen LogP contribution in [0.1, 0.15) is 0 Å². The van der Waals surface area contributed by atoms with Crippen molar-refractivity contribution in [3.63, 3.8) is 0 Å². The molecule has 1 aromatic carbocycles. The lowest BCUT2D eigenvalue weighted by atomic mass is 10.2. The maximum atomic E-state index is 11.5. The van der Waals surface area contributed by atoms with E-state index in [0.717, 1.165) is 11.3 Å². The molecule has 0 radical (unpaired) electrons. The standard InChI is InChI=1S/C14H13N5O2/c1-21-14(20)17-13-7-12(10-8-15-16-9-10)18-19(13)11-5-3-2-4-6-11/h2-9H,1H3,(H,15,16)(H,17,20). The highest BCUT2D eigenvalue weighted by Crippen LogP contribution is 2.24. The summed E-state index contributed by atoms with van der Waals surface area (Å²) in [4.78, 5) is 11.5. The second kappa shape index (κ2) is 5.49. The summed E-state index contributed by atoms with van der Waals surface area (Å²) in [7, 11) is 1.32. The Bertz CT molecular complexity index is 734. The van der Waals surface area contributed by atoms with Crippen molar-refractivity contribution in [2.24, 2.45) is 0 Å². The normalized spacial score (nSPS) is 10.3. The van der Waals surface area contributed by atoms with Crippen LogP contribution in [0.5, 0.6) is 0 Å². The molecule has 3 rings (SSSR count). The van der Waals surface area contributed by atoms with Gasteiger partial charge in [0.25, 0.3) is 0 Å². The van der Waals surface area contributed by atoms with Crippen LogP contribution in [-0.4, -0.2) is 33.2 Å². The zero-order valence-corrected chi connectivity index (χ0v) is 11.3. The predicted octanol–water partition coefficient (Wildman–Crippen LogP) is 2.44. The van der Waals surface area contributed by atoms with Gasteiger partial charge in [0.15, 0.2) is 0 Å². The van der Waals surface area contributed by atoms with Crippen LogP contribution in [0.15, 0.2) is 48.8 Å². The predicted molar refractivity (Wildman–Crippen MR) is 77.2 cm³/mol. The van der Waals surface area contributed by atoms with Crippen LogP contribution < -0.4 is 5.32 Å². The Morgan fingerprint density at radius 2 is 2.14 bits per heavy atom. The number of methoxy groups -OCH3 is 1. The molecular weight excluding hydrogens is 270 g/mol. The van der Waals surface area contributed by atoms with Crippen molar-refractivity contribution in [2.75, 3.05) is 12.4 Å². The number of nitrogens with one attached hydrogen (secondary N) is 2. The van der Waals surface area contributed by atoms with Crippen LogP contribution >= 0.6 is 0 Å². The Labute approximate surface area is 120 Å². The first-order valence-electron chi connectivity index (χ1n) is 6.27. The van der Waals surface area contributed by atoms with Gasteiger partial charge in [0.1, 0.15) is 5.82 Å². The molecule has 0 saturated heterocycles. The van der Waals surface area contributed by atoms with Crippen molar-refractivity contribution >= 4 is 11.9 Å². The summed E-state index contributed by atoms with van der Waals surface area (Å²) in [6.45, 7) is 0. The number of aromatic amines is 1. The van der Waals surface area contributed by atoms with Crippen LogP contribution in [-0.2, 0) is 4.74 Å². The number of ether oxygens (including phenoxy) is 1. The monoisotopic (exact) mass is 283 g/mol. The molecule has 106 valence electrons. The van der Waals surface area contributed by atoms with Gasteiger partial charge < -0.3 is 4.74 Å². The number of anilines is 1. The molecule has 21 heavy (non-hydrogen) atoms. The fourth-order valence-corrected chi connectivity index (χ4v) is 1.92. The first kappa shape index (κ1) is 12.9. The van der Waals surface area contributed by atoms with Crippen molar-refractivity contribution in [3.05, 3.63) is 48.8 Å². The zero-order valence-electron chi connectivity index (χ0n) is 11.3. The first-order chi connectivity index (χ1) is 10.3. The number of amides is 1. The number of rotatable bonds is 3. The Hall–Kier alpha value is -3.09. The molecule has 3 aromatic rings. The lowest BCUT2D eigenvalue weighted by molar-refractivity contribution is 0.186. The molecule has 7 heteroatoms. The molecule has 2 aromatic heterocycles. The highest BCUT2D eigenvalue weighted by molar-refractivity contribution is 5.84. The van der Waals surface area contributed by atoms with E-state index in [9.17, 15) is 4.79 Å². The lowest BCUT2D eigenvalue weighted by Crippen LogP contribution is -2.14. The molecule has 0 saturated carbocycles. The Kier molecular flexibility index (Phi) is 3.38. The summed E-state index contributed by atoms with van der Waals surface area (Å²) in [5.74, 6) is 0.518. The van der Waals surface area contributed by atoms with Crippen LogP contribution in [0.4, 0.5) is 10.6 Å². The molecule has 0 atom stereocenters. The molecule has 7 nitrogen and oxygen atoms in total. The molecule has 0 aliphatic heterocycles. The van der Waals surface area contributed by atoms with Crippen molar-refractivity contribution in [1.29, 1.82) is 0 Å². The van der Waals surface area contributed by atoms with Gasteiger partial charge in [0, 0.05) is 17.8 Å². The van der Waals surface area contributed by atoms with Crippen molar-refractivity contribution < 1.29 is 9.53 Å². The maximum Gasteiger partial charge on any atom is 0.412 e. The van der Waals surface area contributed by atoms with Gasteiger partial charge in [-0.15, -0.1) is 0 Å². The number of hydrogen-bond donors (Lipinski definition) is 2. The van der Waals surface area contributed by atoms with Gasteiger partial charge >= 0.3 is 6.09 Å². The molecule has 0 bridgehead atoms. The van der Waals surface area contributed by atoms with Crippen LogP contribution in [0.25, 0.3) is 16.9 Å². The number of H-pyrrole nitrogens is 1. The number of para-hydroxylation sites is 1. The average molecular weight is 283 g/mol. The Balaban J connectivity index is 2.06. The zero-order chi connectivity index (χ0) is 14.7. The van der Waals surface area contributed by atoms with Gasteiger partial charge in [-0.05, 0) is 12.1 Å². The smallest absolute Gasteiger partial charge is 0.412 e. The number of carbonyl (C=O) groups excluding carboxylic acids is 1. The molecular formula is C14H13N5O2. The third-order valence-electron chi connectivity index (χ3n) is 2.92. The fraction of sp³-hybridized carbons (Fsp3) is 0.0714. The summed E-state index contributed by atoms with van der Waals surface area (Å²) in [6.07, 6.45) is 2.85. The van der Waals surface area contributed by atoms with E-state index in [2.05, 4.69) is 25.3 Å². The summed E-state index contributed by atoms with van der Waals surface area (Å²) in [5, 5.41) is 13.8. The summed E-state index contributed by atoms with van der Waals surface area (Å²) in [5.41, 5.74) is 2.36. The third-order valence-corrected chi connectivity index (χ3v) is 2.92. The molecule has 0 aliphatic rings. The fourth-order valence-electron chi connectivity index (χ4n) is 1.92. The highest BCUT2D eigenvalue weighted by atomic mass is 16.5. The number of carbonyl (C=O) groups is 1. The van der Waals surface area contributed by atoms with E-state index < -0.39 is 6.09 Å². The van der Waals surface area contributed by atoms with Gasteiger partial charge in [-0.3, -0.25) is 10.4 Å². The molecule has 0 spiro atoms. The van der Waals surface area contributed by atoms with Gasteiger partial charge in [0.05, 0.1) is 24.7 Å². The van der Waals surface area contributed by atoms with Gasteiger partial charge in [-0.25, -0.2) is 9.48 Å². The van der Waals surface area contributed by atoms with E-state index in [-0.39, 0.29) is 0 Å². The van der Waals surface area contributed by atoms with Gasteiger partial charge in [-0.2, -0.15) is 10.2 Å². The van der Waals surface area contributed by atoms with Crippen LogP contribution in [0.2, 0.25) is 0 Å². The highest BCUT2D eigenvalue weighted by Gasteiger charge is 2.14. The first-order valence-corrected chi connectivity index (χ1v) is 6.27. The average Bonchev–Trinajstić information content (AvgIpc) is 3.17. The van der Waals surface area contributed by atoms with Crippen molar-refractivity contribution in [2.45, 2.75) is 0 Å². The second-order valence-corrected chi connectivity index (χ2v) is 4.27.